The second kappa shape index (κ2) is 4.35. The summed E-state index contributed by atoms with van der Waals surface area (Å²) in [6.07, 6.45) is 2.14. The summed E-state index contributed by atoms with van der Waals surface area (Å²) >= 11 is 1.72. The SMILES string of the molecule is CC(C)C(NC(=O)C1CC1)c1cccs1. The van der Waals surface area contributed by atoms with E-state index in [1.54, 1.807) is 11.3 Å². The van der Waals surface area contributed by atoms with Gasteiger partial charge < -0.3 is 5.32 Å². The molecular formula is C12H17NOS. The van der Waals surface area contributed by atoms with E-state index >= 15 is 0 Å². The predicted molar refractivity (Wildman–Crippen MR) is 62.8 cm³/mol. The molecule has 1 aromatic heterocycles. The van der Waals surface area contributed by atoms with Crippen molar-refractivity contribution in [2.24, 2.45) is 11.8 Å². The smallest absolute Gasteiger partial charge is 0.223 e. The highest BCUT2D eigenvalue weighted by Gasteiger charge is 2.32. The molecule has 15 heavy (non-hydrogen) atoms. The second-order valence-corrected chi connectivity index (χ2v) is 5.50. The van der Waals surface area contributed by atoms with Crippen LogP contribution in [0.1, 0.15) is 37.6 Å². The van der Waals surface area contributed by atoms with Crippen LogP contribution in [0.3, 0.4) is 0 Å². The van der Waals surface area contributed by atoms with Gasteiger partial charge in [0.25, 0.3) is 0 Å². The van der Waals surface area contributed by atoms with E-state index in [2.05, 4.69) is 30.6 Å². The first-order chi connectivity index (χ1) is 7.18. The number of hydrogen-bond acceptors (Lipinski definition) is 2. The molecule has 0 spiro atoms. The van der Waals surface area contributed by atoms with Crippen molar-refractivity contribution in [1.82, 2.24) is 5.32 Å². The Morgan fingerprint density at radius 2 is 2.27 bits per heavy atom. The van der Waals surface area contributed by atoms with E-state index in [0.29, 0.717) is 11.8 Å². The van der Waals surface area contributed by atoms with E-state index in [1.165, 1.54) is 4.88 Å². The molecule has 0 aromatic carbocycles. The van der Waals surface area contributed by atoms with Crippen molar-refractivity contribution in [1.29, 1.82) is 0 Å². The van der Waals surface area contributed by atoms with Crippen LogP contribution in [0.2, 0.25) is 0 Å². The zero-order valence-electron chi connectivity index (χ0n) is 9.19. The summed E-state index contributed by atoms with van der Waals surface area (Å²) in [6, 6.07) is 4.33. The van der Waals surface area contributed by atoms with Gasteiger partial charge in [-0.2, -0.15) is 0 Å². The molecule has 1 saturated carbocycles. The van der Waals surface area contributed by atoms with Crippen LogP contribution in [0.4, 0.5) is 0 Å². The summed E-state index contributed by atoms with van der Waals surface area (Å²) in [5.41, 5.74) is 0. The summed E-state index contributed by atoms with van der Waals surface area (Å²) in [5.74, 6) is 0.986. The third-order valence-corrected chi connectivity index (χ3v) is 3.72. The average Bonchev–Trinajstić information content (AvgIpc) is 2.91. The highest BCUT2D eigenvalue weighted by molar-refractivity contribution is 7.10. The van der Waals surface area contributed by atoms with Gasteiger partial charge in [0.15, 0.2) is 0 Å². The molecule has 82 valence electrons. The Morgan fingerprint density at radius 3 is 2.73 bits per heavy atom. The Hall–Kier alpha value is -0.830. The number of hydrogen-bond donors (Lipinski definition) is 1. The highest BCUT2D eigenvalue weighted by Crippen LogP contribution is 2.32. The van der Waals surface area contributed by atoms with Crippen molar-refractivity contribution < 1.29 is 4.79 Å². The van der Waals surface area contributed by atoms with Crippen molar-refractivity contribution in [2.45, 2.75) is 32.7 Å². The summed E-state index contributed by atoms with van der Waals surface area (Å²) in [4.78, 5) is 13.0. The maximum Gasteiger partial charge on any atom is 0.223 e. The lowest BCUT2D eigenvalue weighted by atomic mass is 10.0. The van der Waals surface area contributed by atoms with Crippen molar-refractivity contribution in [3.8, 4) is 0 Å². The standard InChI is InChI=1S/C12H17NOS/c1-8(2)11(10-4-3-7-15-10)13-12(14)9-5-6-9/h3-4,7-9,11H,5-6H2,1-2H3,(H,13,14). The zero-order chi connectivity index (χ0) is 10.8. The van der Waals surface area contributed by atoms with Crippen molar-refractivity contribution in [3.05, 3.63) is 22.4 Å². The summed E-state index contributed by atoms with van der Waals surface area (Å²) < 4.78 is 0. The first-order valence-electron chi connectivity index (χ1n) is 5.52. The molecule has 1 aromatic rings. The minimum absolute atomic E-state index is 0.193. The molecule has 0 bridgehead atoms. The molecule has 1 fully saturated rings. The van der Waals surface area contributed by atoms with Gasteiger partial charge in [-0.1, -0.05) is 19.9 Å². The van der Waals surface area contributed by atoms with Gasteiger partial charge in [0.1, 0.15) is 0 Å². The fraction of sp³-hybridized carbons (Fsp3) is 0.583. The number of carbonyl (C=O) groups is 1. The topological polar surface area (TPSA) is 29.1 Å². The van der Waals surface area contributed by atoms with Gasteiger partial charge in [-0.15, -0.1) is 11.3 Å². The van der Waals surface area contributed by atoms with E-state index < -0.39 is 0 Å². The monoisotopic (exact) mass is 223 g/mol. The summed E-state index contributed by atoms with van der Waals surface area (Å²) in [6.45, 7) is 4.30. The van der Waals surface area contributed by atoms with Crippen LogP contribution in [0.15, 0.2) is 17.5 Å². The molecule has 1 unspecified atom stereocenters. The molecule has 1 aliphatic rings. The van der Waals surface area contributed by atoms with Gasteiger partial charge in [0.05, 0.1) is 6.04 Å². The molecule has 1 aliphatic carbocycles. The van der Waals surface area contributed by atoms with Gasteiger partial charge in [-0.05, 0) is 30.2 Å². The molecular weight excluding hydrogens is 206 g/mol. The highest BCUT2D eigenvalue weighted by atomic mass is 32.1. The quantitative estimate of drug-likeness (QED) is 0.835. The van der Waals surface area contributed by atoms with E-state index in [4.69, 9.17) is 0 Å². The lowest BCUT2D eigenvalue weighted by molar-refractivity contribution is -0.123. The maximum atomic E-state index is 11.7. The molecule has 0 saturated heterocycles. The Bertz CT molecular complexity index is 327. The molecule has 2 rings (SSSR count). The maximum absolute atomic E-state index is 11.7. The fourth-order valence-electron chi connectivity index (χ4n) is 1.65. The number of amides is 1. The van der Waals surface area contributed by atoms with Gasteiger partial charge in [0.2, 0.25) is 5.91 Å². The van der Waals surface area contributed by atoms with Crippen molar-refractivity contribution in [3.63, 3.8) is 0 Å². The first kappa shape index (κ1) is 10.7. The molecule has 1 amide bonds. The normalized spacial score (nSPS) is 17.8. The average molecular weight is 223 g/mol. The van der Waals surface area contributed by atoms with E-state index in [1.807, 2.05) is 6.07 Å². The predicted octanol–water partition coefficient (Wildman–Crippen LogP) is 2.97. The molecule has 1 atom stereocenters. The third kappa shape index (κ3) is 2.59. The molecule has 2 nitrogen and oxygen atoms in total. The lowest BCUT2D eigenvalue weighted by Gasteiger charge is -2.21. The molecule has 3 heteroatoms. The van der Waals surface area contributed by atoms with Gasteiger partial charge >= 0.3 is 0 Å². The number of nitrogens with one attached hydrogen (secondary N) is 1. The molecule has 0 radical (unpaired) electrons. The Labute approximate surface area is 94.7 Å². The number of thiophene rings is 1. The van der Waals surface area contributed by atoms with Crippen LogP contribution in [0.25, 0.3) is 0 Å². The van der Waals surface area contributed by atoms with Gasteiger partial charge in [-0.3, -0.25) is 4.79 Å². The molecule has 1 heterocycles. The van der Waals surface area contributed by atoms with Crippen molar-refractivity contribution in [2.75, 3.05) is 0 Å². The Morgan fingerprint density at radius 1 is 1.53 bits per heavy atom. The molecule has 1 N–H and O–H groups in total. The summed E-state index contributed by atoms with van der Waals surface area (Å²) in [5, 5.41) is 5.22. The number of carbonyl (C=O) groups excluding carboxylic acids is 1. The van der Waals surface area contributed by atoms with E-state index in [-0.39, 0.29) is 11.9 Å². The molecule has 0 aliphatic heterocycles. The van der Waals surface area contributed by atoms with Crippen LogP contribution >= 0.6 is 11.3 Å². The third-order valence-electron chi connectivity index (χ3n) is 2.76. The van der Waals surface area contributed by atoms with Crippen molar-refractivity contribution >= 4 is 17.2 Å². The van der Waals surface area contributed by atoms with Crippen LogP contribution in [-0.2, 0) is 4.79 Å². The lowest BCUT2D eigenvalue weighted by Crippen LogP contribution is -2.32. The van der Waals surface area contributed by atoms with E-state index in [0.717, 1.165) is 12.8 Å². The van der Waals surface area contributed by atoms with Crippen LogP contribution in [0, 0.1) is 11.8 Å². The minimum Gasteiger partial charge on any atom is -0.348 e. The summed E-state index contributed by atoms with van der Waals surface area (Å²) in [7, 11) is 0. The zero-order valence-corrected chi connectivity index (χ0v) is 10.0. The minimum atomic E-state index is 0.193. The van der Waals surface area contributed by atoms with Gasteiger partial charge in [0, 0.05) is 10.8 Å². The Kier molecular flexibility index (Phi) is 3.10. The second-order valence-electron chi connectivity index (χ2n) is 4.52. The fourth-order valence-corrected chi connectivity index (χ4v) is 2.60. The largest absolute Gasteiger partial charge is 0.348 e. The van der Waals surface area contributed by atoms with Crippen LogP contribution < -0.4 is 5.32 Å². The number of rotatable bonds is 4. The van der Waals surface area contributed by atoms with E-state index in [9.17, 15) is 4.79 Å². The first-order valence-corrected chi connectivity index (χ1v) is 6.40. The van der Waals surface area contributed by atoms with Gasteiger partial charge in [-0.25, -0.2) is 0 Å². The van der Waals surface area contributed by atoms with Crippen LogP contribution in [0.5, 0.6) is 0 Å². The Balaban J connectivity index is 2.03. The van der Waals surface area contributed by atoms with Crippen LogP contribution in [-0.4, -0.2) is 5.91 Å².